The number of hydrogen-bond acceptors (Lipinski definition) is 16. The lowest BCUT2D eigenvalue weighted by Crippen LogP contribution is -2.76. The molecule has 5 heterocycles. The second-order valence-corrected chi connectivity index (χ2v) is 28.4. The van der Waals surface area contributed by atoms with Crippen molar-refractivity contribution in [1.82, 2.24) is 25.3 Å². The third kappa shape index (κ3) is 7.90. The highest BCUT2D eigenvalue weighted by molar-refractivity contribution is 5.86. The summed E-state index contributed by atoms with van der Waals surface area (Å²) in [5.74, 6) is -3.56. The van der Waals surface area contributed by atoms with Crippen molar-refractivity contribution in [1.29, 1.82) is 0 Å². The minimum Gasteiger partial charge on any atom is -0.481 e. The van der Waals surface area contributed by atoms with Crippen LogP contribution in [-0.2, 0) is 25.5 Å². The van der Waals surface area contributed by atoms with Crippen LogP contribution in [0.15, 0.2) is 30.5 Å². The van der Waals surface area contributed by atoms with Crippen LogP contribution < -0.4 is 16.4 Å². The Balaban J connectivity index is 1.09. The fraction of sp³-hybridized carbons (Fsp3) is 0.833. The van der Waals surface area contributed by atoms with Crippen molar-refractivity contribution >= 4 is 17.7 Å². The van der Waals surface area contributed by atoms with Gasteiger partial charge in [-0.15, -0.1) is 0 Å². The lowest BCUT2D eigenvalue weighted by atomic mass is 9.27. The molecule has 444 valence electrons. The summed E-state index contributed by atoms with van der Waals surface area (Å²) in [6, 6.07) is -0.713. The molecule has 15 N–H and O–H groups in total. The summed E-state index contributed by atoms with van der Waals surface area (Å²) < 4.78 is 13.0. The van der Waals surface area contributed by atoms with Gasteiger partial charge >= 0.3 is 5.97 Å². The molecule has 6 saturated carbocycles. The molecule has 2 aromatic heterocycles. The lowest BCUT2D eigenvalue weighted by Gasteiger charge is -2.77. The number of allylic oxidation sites excluding steroid dienone is 2. The summed E-state index contributed by atoms with van der Waals surface area (Å²) >= 11 is 0. The highest BCUT2D eigenvalue weighted by Gasteiger charge is 2.79. The summed E-state index contributed by atoms with van der Waals surface area (Å²) in [6.07, 6.45) is 6.44. The van der Waals surface area contributed by atoms with Crippen LogP contribution in [0, 0.1) is 85.2 Å². The van der Waals surface area contributed by atoms with Crippen LogP contribution in [0.4, 0.5) is 5.82 Å². The Hall–Kier alpha value is -3.54. The molecule has 20 heteroatoms. The first-order valence-electron chi connectivity index (χ1n) is 30.4. The zero-order valence-corrected chi connectivity index (χ0v) is 47.2. The number of aliphatic carboxylic acids is 1. The number of ether oxygens (including phenoxy) is 2. The third-order valence-corrected chi connectivity index (χ3v) is 25.4. The normalized spacial score (nSPS) is 47.0. The number of carbonyl (C=O) groups excluding carboxylic acids is 1. The van der Waals surface area contributed by atoms with Crippen LogP contribution in [0.1, 0.15) is 148 Å². The Bertz CT molecular complexity index is 2640. The van der Waals surface area contributed by atoms with Gasteiger partial charge in [-0.3, -0.25) is 9.59 Å². The van der Waals surface area contributed by atoms with Gasteiger partial charge in [0.1, 0.15) is 30.4 Å². The standard InChI is InChI=1S/C60H91N7O13/c1-54(26-68)17-18-59(53(77)78)35(22-54)31-11-12-42-56(3,57(31,4)32-20-37-50(66-29-65-37)63-23-36(32)59)16-13-41-55(2,27-69)49(80-51-48(75)47(74)40(71)25-79-51)46(73)34(60(41,42)30-9-5-6-10-30)19-33-45(67-52(76)58(33)14-7-8-15-58)44(38-24-62-28-64-38)39(70)21-43(61)72/h11,24,28-30,32-36,39-49,51,63,68-75H,5-10,12-23,25-27,61H2,1-4H3,(H,62,64)(H,65,66)(H,67,76)(H,77,78). The van der Waals surface area contributed by atoms with E-state index < -0.39 is 123 Å². The maximum absolute atomic E-state index is 15.2. The van der Waals surface area contributed by atoms with E-state index in [0.29, 0.717) is 76.4 Å². The van der Waals surface area contributed by atoms with Crippen molar-refractivity contribution in [2.24, 2.45) is 91.0 Å². The summed E-state index contributed by atoms with van der Waals surface area (Å²) in [6.45, 7) is 8.58. The number of H-pyrrole nitrogens is 2. The SMILES string of the molecule is CC1(CO)CCC2(C(=O)O)C(C1)C1=CCC3C4(C5CCCC5)C(CC5C(C(c6cnc[nH]6)C(O)CC(N)O)NC(=O)C56CCCC6)C(O)C(OC5OCC(O)C(O)C5O)C(C)(CO)C4CCC3(C)C1(C)C1Cc3[nH]cnc3NCC12. The average Bonchev–Trinajstić information content (AvgIpc) is 4.45. The second kappa shape index (κ2) is 20.3. The molecule has 12 rings (SSSR count). The molecule has 0 aromatic carbocycles. The summed E-state index contributed by atoms with van der Waals surface area (Å²) in [4.78, 5) is 45.6. The van der Waals surface area contributed by atoms with E-state index in [-0.39, 0.29) is 61.0 Å². The van der Waals surface area contributed by atoms with Crippen molar-refractivity contribution < 1.29 is 65.0 Å². The van der Waals surface area contributed by atoms with E-state index in [0.717, 1.165) is 55.6 Å². The molecule has 80 heavy (non-hydrogen) atoms. The number of aromatic nitrogens is 4. The van der Waals surface area contributed by atoms with Crippen LogP contribution >= 0.6 is 0 Å². The zero-order valence-electron chi connectivity index (χ0n) is 47.2. The topological polar surface area (TPSA) is 342 Å². The number of amides is 1. The quantitative estimate of drug-likeness (QED) is 0.0776. The molecule has 23 unspecified atom stereocenters. The van der Waals surface area contributed by atoms with Gasteiger partial charge in [0.05, 0.1) is 60.7 Å². The average molecular weight is 1120 g/mol. The minimum atomic E-state index is -1.68. The number of fused-ring (bicyclic) bond motifs is 11. The Morgan fingerprint density at radius 1 is 0.887 bits per heavy atom. The number of aliphatic hydroxyl groups excluding tert-OH is 8. The maximum atomic E-state index is 15.2. The largest absolute Gasteiger partial charge is 0.481 e. The van der Waals surface area contributed by atoms with Crippen LogP contribution in [0.3, 0.4) is 0 Å². The van der Waals surface area contributed by atoms with Crippen molar-refractivity contribution in [2.45, 2.75) is 198 Å². The van der Waals surface area contributed by atoms with Gasteiger partial charge in [-0.25, -0.2) is 9.97 Å². The van der Waals surface area contributed by atoms with Crippen molar-refractivity contribution in [3.8, 4) is 0 Å². The van der Waals surface area contributed by atoms with Crippen molar-refractivity contribution in [3.63, 3.8) is 0 Å². The predicted molar refractivity (Wildman–Crippen MR) is 290 cm³/mol. The second-order valence-electron chi connectivity index (χ2n) is 28.4. The number of rotatable bonds is 13. The number of imidazole rings is 2. The van der Waals surface area contributed by atoms with Gasteiger partial charge in [0.25, 0.3) is 0 Å². The van der Waals surface area contributed by atoms with Gasteiger partial charge in [0.2, 0.25) is 5.91 Å². The van der Waals surface area contributed by atoms with Gasteiger partial charge in [-0.2, -0.15) is 0 Å². The van der Waals surface area contributed by atoms with Gasteiger partial charge in [0, 0.05) is 48.8 Å². The number of aromatic amines is 2. The minimum absolute atomic E-state index is 0.0138. The number of hydrogen-bond donors (Lipinski definition) is 14. The number of nitrogens with one attached hydrogen (secondary N) is 4. The first kappa shape index (κ1) is 56.9. The fourth-order valence-corrected chi connectivity index (χ4v) is 21.6. The third-order valence-electron chi connectivity index (χ3n) is 25.4. The number of nitrogens with zero attached hydrogens (tertiary/aromatic N) is 2. The number of carboxylic acids is 1. The zero-order chi connectivity index (χ0) is 56.7. The molecule has 20 nitrogen and oxygen atoms in total. The number of anilines is 1. The summed E-state index contributed by atoms with van der Waals surface area (Å²) in [7, 11) is 0. The Labute approximate surface area is 468 Å². The molecule has 0 bridgehead atoms. The monoisotopic (exact) mass is 1120 g/mol. The molecular weight excluding hydrogens is 1030 g/mol. The van der Waals surface area contributed by atoms with Crippen LogP contribution in [-0.4, -0.2) is 159 Å². The van der Waals surface area contributed by atoms with E-state index in [1.54, 1.807) is 12.5 Å². The van der Waals surface area contributed by atoms with Gasteiger partial charge in [-0.1, -0.05) is 65.0 Å². The number of aliphatic hydroxyl groups is 8. The Morgan fingerprint density at radius 3 is 2.31 bits per heavy atom. The molecule has 10 aliphatic rings. The highest BCUT2D eigenvalue weighted by atomic mass is 16.7. The summed E-state index contributed by atoms with van der Waals surface area (Å²) in [5.41, 5.74) is 2.93. The van der Waals surface area contributed by atoms with Crippen molar-refractivity contribution in [2.75, 3.05) is 31.7 Å². The molecule has 8 fully saturated rings. The first-order chi connectivity index (χ1) is 38.1. The van der Waals surface area contributed by atoms with E-state index in [1.807, 2.05) is 6.92 Å². The van der Waals surface area contributed by atoms with E-state index in [4.69, 9.17) is 20.2 Å². The summed E-state index contributed by atoms with van der Waals surface area (Å²) in [5, 5.41) is 113. The highest BCUT2D eigenvalue weighted by Crippen LogP contribution is 2.81. The molecule has 1 spiro atoms. The first-order valence-corrected chi connectivity index (χ1v) is 30.4. The molecule has 1 amide bonds. The number of carbonyl (C=O) groups is 2. The van der Waals surface area contributed by atoms with Gasteiger partial charge < -0.3 is 81.8 Å². The van der Waals surface area contributed by atoms with Crippen LogP contribution in [0.25, 0.3) is 0 Å². The van der Waals surface area contributed by atoms with E-state index >= 15 is 4.79 Å². The molecule has 0 radical (unpaired) electrons. The maximum Gasteiger partial charge on any atom is 0.310 e. The van der Waals surface area contributed by atoms with Crippen LogP contribution in [0.2, 0.25) is 0 Å². The predicted octanol–water partition coefficient (Wildman–Crippen LogP) is 3.45. The van der Waals surface area contributed by atoms with E-state index in [9.17, 15) is 50.8 Å². The molecule has 7 aliphatic carbocycles. The number of nitrogens with two attached hydrogens (primary N) is 1. The van der Waals surface area contributed by atoms with E-state index in [2.05, 4.69) is 52.4 Å². The molecule has 2 saturated heterocycles. The molecule has 23 atom stereocenters. The van der Waals surface area contributed by atoms with E-state index in [1.165, 1.54) is 6.33 Å². The van der Waals surface area contributed by atoms with Gasteiger partial charge in [-0.05, 0) is 146 Å². The molecule has 2 aromatic rings. The molecular formula is C60H91N7O13. The van der Waals surface area contributed by atoms with Gasteiger partial charge in [0.15, 0.2) is 6.29 Å². The molecule has 3 aliphatic heterocycles. The smallest absolute Gasteiger partial charge is 0.310 e. The Morgan fingerprint density at radius 2 is 1.64 bits per heavy atom. The van der Waals surface area contributed by atoms with Crippen LogP contribution in [0.5, 0.6) is 0 Å². The Kier molecular flexibility index (Phi) is 14.5. The number of carboxylic acid groups (broad SMARTS) is 1. The van der Waals surface area contributed by atoms with Crippen molar-refractivity contribution in [3.05, 3.63) is 41.9 Å². The lowest BCUT2D eigenvalue weighted by molar-refractivity contribution is -0.350. The fourth-order valence-electron chi connectivity index (χ4n) is 21.6.